The summed E-state index contributed by atoms with van der Waals surface area (Å²) in [5, 5.41) is 43.9. The average molecular weight is 1380 g/mol. The van der Waals surface area contributed by atoms with Crippen LogP contribution in [0.15, 0.2) is 61.2 Å². The van der Waals surface area contributed by atoms with Crippen LogP contribution in [0.2, 0.25) is 0 Å². The number of aromatic nitrogens is 3. The molecule has 0 saturated carbocycles. The van der Waals surface area contributed by atoms with E-state index in [0.717, 1.165) is 23.1 Å². The second-order valence-corrected chi connectivity index (χ2v) is 26.3. The van der Waals surface area contributed by atoms with Crippen molar-refractivity contribution in [2.24, 2.45) is 29.2 Å². The highest BCUT2D eigenvalue weighted by Gasteiger charge is 2.36. The highest BCUT2D eigenvalue weighted by Crippen LogP contribution is 2.21. The molecular formula is C63H89FN16O16S. The van der Waals surface area contributed by atoms with E-state index in [9.17, 15) is 80.0 Å². The molecule has 9 atom stereocenters. The second kappa shape index (κ2) is 38.0. The number of nitrogens with one attached hydrogen (secondary N) is 11. The Balaban J connectivity index is 1.43. The van der Waals surface area contributed by atoms with E-state index in [2.05, 4.69) is 62.8 Å². The predicted molar refractivity (Wildman–Crippen MR) is 349 cm³/mol. The molecule has 0 spiro atoms. The summed E-state index contributed by atoms with van der Waals surface area (Å²) in [4.78, 5) is 172. The molecule has 2 aromatic heterocycles. The van der Waals surface area contributed by atoms with Crippen LogP contribution >= 0.6 is 0 Å². The summed E-state index contributed by atoms with van der Waals surface area (Å²) in [6.07, 6.45) is 1.66. The number of nitriles is 1. The summed E-state index contributed by atoms with van der Waals surface area (Å²) in [5.41, 5.74) is 11.8. The number of amides is 12. The van der Waals surface area contributed by atoms with E-state index in [4.69, 9.17) is 16.7 Å². The van der Waals surface area contributed by atoms with E-state index in [-0.39, 0.29) is 75.3 Å². The minimum atomic E-state index is -4.86. The van der Waals surface area contributed by atoms with E-state index in [1.54, 1.807) is 50.4 Å². The van der Waals surface area contributed by atoms with Gasteiger partial charge in [0.05, 0.1) is 37.0 Å². The van der Waals surface area contributed by atoms with Crippen LogP contribution in [0.25, 0.3) is 10.9 Å². The van der Waals surface area contributed by atoms with Crippen molar-refractivity contribution in [2.45, 2.75) is 167 Å². The number of likely N-dealkylation sites (N-methyl/N-ethyl adjacent to an activating group) is 1. The van der Waals surface area contributed by atoms with Gasteiger partial charge in [-0.25, -0.2) is 9.37 Å². The van der Waals surface area contributed by atoms with Gasteiger partial charge in [-0.05, 0) is 86.6 Å². The van der Waals surface area contributed by atoms with Crippen molar-refractivity contribution in [2.75, 3.05) is 25.9 Å². The average Bonchev–Trinajstić information content (AvgIpc) is 1.79. The van der Waals surface area contributed by atoms with E-state index in [1.165, 1.54) is 26.5 Å². The number of aromatic amines is 2. The van der Waals surface area contributed by atoms with Gasteiger partial charge < -0.3 is 79.3 Å². The molecule has 12 amide bonds. The Hall–Kier alpha value is -9.88. The minimum Gasteiger partial charge on any atom is -0.390 e. The zero-order valence-electron chi connectivity index (χ0n) is 55.3. The first-order chi connectivity index (χ1) is 45.5. The zero-order valence-corrected chi connectivity index (χ0v) is 56.1. The van der Waals surface area contributed by atoms with Gasteiger partial charge in [0.25, 0.3) is 16.0 Å². The summed E-state index contributed by atoms with van der Waals surface area (Å²) >= 11 is 0. The van der Waals surface area contributed by atoms with Gasteiger partial charge in [-0.1, -0.05) is 59.7 Å². The van der Waals surface area contributed by atoms with Crippen molar-refractivity contribution in [3.05, 3.63) is 89.4 Å². The number of unbranched alkanes of at least 4 members (excludes halogenated alkanes) is 1. The van der Waals surface area contributed by atoms with Gasteiger partial charge in [0, 0.05) is 73.8 Å². The Labute approximate surface area is 560 Å². The lowest BCUT2D eigenvalue weighted by molar-refractivity contribution is -0.140. The van der Waals surface area contributed by atoms with Crippen LogP contribution < -0.4 is 59.3 Å². The fraction of sp³-hybridized carbons (Fsp3) is 0.524. The van der Waals surface area contributed by atoms with Gasteiger partial charge in [-0.15, -0.1) is 0 Å². The molecule has 17 N–H and O–H groups in total. The number of nitrogens with two attached hydrogens (primary N) is 2. The monoisotopic (exact) mass is 1380 g/mol. The molecule has 0 aliphatic carbocycles. The van der Waals surface area contributed by atoms with Crippen molar-refractivity contribution in [1.29, 1.82) is 5.26 Å². The Kier molecular flexibility index (Phi) is 31.2. The number of fused-ring (bicyclic) bond motifs is 1. The lowest BCUT2D eigenvalue weighted by Crippen LogP contribution is -2.59. The first kappa shape index (κ1) is 79.6. The SMILES string of the molecule is CC(C)C[C@H](NC(=O)C[C@H](O)[C@H](CC(C)C)NC(=O)[C@H](Cc1cnc[nH]1)NC(=O)CN(C)C(=O)[C@@H](NC(=O)[C@H](C)NC(=O)[C@H](Cc1c[nH]c2ccccc12)NC(=O)[C@H](CCC(N)=O)NC(=O)CCCCNC(=O)[C@H](CS(=O)(=O)O)NC(=O)c1ccc([18F])c(C#N)c1)C(C)C)C(N)=O. The number of benzene rings is 2. The summed E-state index contributed by atoms with van der Waals surface area (Å²) in [6, 6.07) is 0.447. The molecule has 34 heteroatoms. The summed E-state index contributed by atoms with van der Waals surface area (Å²) in [7, 11) is -3.57. The number of hydrogen-bond acceptors (Lipinski definition) is 17. The van der Waals surface area contributed by atoms with Crippen LogP contribution in [0.5, 0.6) is 0 Å². The van der Waals surface area contributed by atoms with Crippen molar-refractivity contribution in [1.82, 2.24) is 67.7 Å². The van der Waals surface area contributed by atoms with Gasteiger partial charge >= 0.3 is 0 Å². The number of halogens is 1. The second-order valence-electron chi connectivity index (χ2n) is 24.8. The number of carbonyl (C=O) groups is 12. The quantitative estimate of drug-likeness (QED) is 0.0183. The molecular weight excluding hydrogens is 1290 g/mol. The number of para-hydroxylation sites is 1. The van der Waals surface area contributed by atoms with Crippen LogP contribution in [0, 0.1) is 34.9 Å². The fourth-order valence-corrected chi connectivity index (χ4v) is 10.8. The lowest BCUT2D eigenvalue weighted by Gasteiger charge is -2.30. The molecule has 0 radical (unpaired) electrons. The molecule has 530 valence electrons. The normalized spacial score (nSPS) is 14.2. The van der Waals surface area contributed by atoms with Crippen LogP contribution in [0.1, 0.15) is 127 Å². The first-order valence-corrected chi connectivity index (χ1v) is 33.0. The zero-order chi connectivity index (χ0) is 72.4. The molecule has 2 heterocycles. The Bertz CT molecular complexity index is 3600. The Morgan fingerprint density at radius 2 is 1.34 bits per heavy atom. The Morgan fingerprint density at radius 1 is 0.701 bits per heavy atom. The third-order valence-corrected chi connectivity index (χ3v) is 16.0. The van der Waals surface area contributed by atoms with E-state index < -0.39 is 178 Å². The number of rotatable bonds is 40. The maximum atomic E-state index is 14.4. The van der Waals surface area contributed by atoms with Crippen molar-refractivity contribution >= 4 is 91.9 Å². The topological polar surface area (TPSA) is 511 Å². The number of carbonyl (C=O) groups excluding carboxylic acids is 12. The molecule has 0 fully saturated rings. The molecule has 32 nitrogen and oxygen atoms in total. The van der Waals surface area contributed by atoms with Gasteiger partial charge in [-0.3, -0.25) is 62.1 Å². The number of nitrogens with zero attached hydrogens (tertiary/aromatic N) is 3. The third-order valence-electron chi connectivity index (χ3n) is 15.2. The lowest BCUT2D eigenvalue weighted by atomic mass is 9.96. The van der Waals surface area contributed by atoms with E-state index in [1.807, 2.05) is 27.7 Å². The van der Waals surface area contributed by atoms with Gasteiger partial charge in [0.2, 0.25) is 65.0 Å². The fourth-order valence-electron chi connectivity index (χ4n) is 10.1. The van der Waals surface area contributed by atoms with Crippen LogP contribution in [-0.2, 0) is 75.7 Å². The van der Waals surface area contributed by atoms with Crippen LogP contribution in [0.4, 0.5) is 4.39 Å². The number of aliphatic hydroxyl groups excluding tert-OH is 1. The number of imidazole rings is 1. The number of H-pyrrole nitrogens is 2. The van der Waals surface area contributed by atoms with Crippen molar-refractivity contribution < 1.29 is 80.0 Å². The molecule has 2 aromatic carbocycles. The van der Waals surface area contributed by atoms with E-state index in [0.29, 0.717) is 22.2 Å². The Morgan fingerprint density at radius 3 is 1.96 bits per heavy atom. The predicted octanol–water partition coefficient (Wildman–Crippen LogP) is -1.22. The molecule has 4 rings (SSSR count). The highest BCUT2D eigenvalue weighted by molar-refractivity contribution is 7.85. The third kappa shape index (κ3) is 27.0. The van der Waals surface area contributed by atoms with Crippen molar-refractivity contribution in [3.8, 4) is 6.07 Å². The maximum Gasteiger partial charge on any atom is 0.267 e. The number of hydrogen-bond donors (Lipinski definition) is 15. The van der Waals surface area contributed by atoms with Gasteiger partial charge in [-0.2, -0.15) is 13.7 Å². The van der Waals surface area contributed by atoms with Crippen LogP contribution in [0.3, 0.4) is 0 Å². The standard InChI is InChI=1S/C63H89FN16O16S/c1-33(2)21-45(50(81)26-53(84)74-46(56(67)86)22-34(3)4)76-62(92)48(25-40-29-68-32-71-40)75-54(85)30-80(8)63(93)55(35(5)6)79-57(87)36(7)72-61(91)47(24-39-28-70-43-14-10-9-13-41(39)43)77-60(90)44(18-19-51(66)82)73-52(83)15-11-12-20-69-59(89)49(31-97(94,95)96)78-58(88)37-16-17-42(64)38(23-37)27-65/h9-10,13-14,16-17,23,28-29,32-36,44-50,55,70,81H,11-12,15,18-22,24-26,30-31H2,1-8H3,(H2,66,82)(H2,67,86)(H,68,71)(H,69,89)(H,72,91)(H,73,83)(H,74,84)(H,75,85)(H,76,92)(H,77,90)(H,78,88)(H,79,87)(H,94,95,96)/t36-,44-,45-,46-,47-,48-,49-,50-,55-/m0/s1/i64-1. The van der Waals surface area contributed by atoms with Crippen LogP contribution in [-0.4, -0.2) is 189 Å². The summed E-state index contributed by atoms with van der Waals surface area (Å²) < 4.78 is 46.9. The summed E-state index contributed by atoms with van der Waals surface area (Å²) in [5.74, 6) is -13.0. The minimum absolute atomic E-state index is 0.00891. The molecule has 0 aliphatic rings. The van der Waals surface area contributed by atoms with Crippen molar-refractivity contribution in [3.63, 3.8) is 0 Å². The molecule has 0 bridgehead atoms. The van der Waals surface area contributed by atoms with E-state index >= 15 is 0 Å². The molecule has 0 saturated heterocycles. The molecule has 4 aromatic rings. The largest absolute Gasteiger partial charge is 0.390 e. The summed E-state index contributed by atoms with van der Waals surface area (Å²) in [6.45, 7) is 11.1. The highest BCUT2D eigenvalue weighted by atomic mass is 32.2. The van der Waals surface area contributed by atoms with Gasteiger partial charge in [0.1, 0.15) is 59.9 Å². The first-order valence-electron chi connectivity index (χ1n) is 31.4. The molecule has 97 heavy (non-hydrogen) atoms. The molecule has 0 unspecified atom stereocenters. The van der Waals surface area contributed by atoms with Gasteiger partial charge in [0.15, 0.2) is 0 Å². The molecule has 0 aliphatic heterocycles. The smallest absolute Gasteiger partial charge is 0.267 e. The number of aliphatic hydroxyl groups is 1. The maximum absolute atomic E-state index is 14.4. The number of primary amides is 2.